The van der Waals surface area contributed by atoms with Gasteiger partial charge in [0, 0.05) is 0 Å². The Morgan fingerprint density at radius 2 is 1.88 bits per heavy atom. The van der Waals surface area contributed by atoms with E-state index in [1.54, 1.807) is 24.4 Å². The molecule has 1 aromatic carbocycles. The highest BCUT2D eigenvalue weighted by atomic mass is 16.5. The van der Waals surface area contributed by atoms with Gasteiger partial charge >= 0.3 is 0 Å². The van der Waals surface area contributed by atoms with Gasteiger partial charge in [0.25, 0.3) is 0 Å². The van der Waals surface area contributed by atoms with E-state index < -0.39 is 0 Å². The van der Waals surface area contributed by atoms with Gasteiger partial charge in [-0.3, -0.25) is 4.79 Å². The lowest BCUT2D eigenvalue weighted by atomic mass is 9.49. The number of carbonyl (C=O) groups is 1. The maximum absolute atomic E-state index is 12.8. The Balaban J connectivity index is 1.42. The van der Waals surface area contributed by atoms with Gasteiger partial charge in [0.1, 0.15) is 0 Å². The number of hydrogen-bond donors (Lipinski definition) is 2. The molecule has 24 heavy (non-hydrogen) atoms. The van der Waals surface area contributed by atoms with Gasteiger partial charge in [0.15, 0.2) is 11.5 Å². The molecule has 2 N–H and O–H groups in total. The number of nitrogens with zero attached hydrogens (tertiary/aromatic N) is 1. The van der Waals surface area contributed by atoms with Crippen LogP contribution in [0.5, 0.6) is 11.5 Å². The highest BCUT2D eigenvalue weighted by Crippen LogP contribution is 2.60. The third-order valence-electron chi connectivity index (χ3n) is 6.10. The number of phenols is 1. The van der Waals surface area contributed by atoms with Crippen LogP contribution >= 0.6 is 0 Å². The van der Waals surface area contributed by atoms with Gasteiger partial charge < -0.3 is 9.84 Å². The molecule has 4 saturated carbocycles. The number of carbonyl (C=O) groups excluding carboxylic acids is 1. The number of phenolic OH excluding ortho intramolecular Hbond substituents is 1. The molecule has 0 aliphatic heterocycles. The molecule has 5 nitrogen and oxygen atoms in total. The minimum atomic E-state index is -0.186. The lowest BCUT2D eigenvalue weighted by molar-refractivity contribution is -0.146. The average molecular weight is 328 g/mol. The third-order valence-corrected chi connectivity index (χ3v) is 6.10. The summed E-state index contributed by atoms with van der Waals surface area (Å²) in [6.45, 7) is 0. The number of amides is 1. The van der Waals surface area contributed by atoms with Gasteiger partial charge in [-0.25, -0.2) is 5.43 Å². The van der Waals surface area contributed by atoms with Gasteiger partial charge in [-0.15, -0.1) is 0 Å². The lowest BCUT2D eigenvalue weighted by Gasteiger charge is -2.55. The molecule has 0 aromatic heterocycles. The summed E-state index contributed by atoms with van der Waals surface area (Å²) in [5.74, 6) is 2.78. The molecular formula is C19H24N2O3. The lowest BCUT2D eigenvalue weighted by Crippen LogP contribution is -2.52. The van der Waals surface area contributed by atoms with Gasteiger partial charge in [-0.1, -0.05) is 0 Å². The predicted molar refractivity (Wildman–Crippen MR) is 91.0 cm³/mol. The first-order valence-corrected chi connectivity index (χ1v) is 8.78. The van der Waals surface area contributed by atoms with E-state index in [9.17, 15) is 9.90 Å². The van der Waals surface area contributed by atoms with E-state index in [0.29, 0.717) is 5.75 Å². The standard InChI is InChI=1S/C19H24N2O3/c1-24-17-3-2-12(7-16(17)22)11-20-21-18(23)19-8-13-4-14(9-19)6-15(5-13)10-19/h2-3,7,11,13-15,22H,4-6,8-10H2,1H3,(H,21,23)/b20-11-. The van der Waals surface area contributed by atoms with Crippen molar-refractivity contribution in [3.05, 3.63) is 23.8 Å². The van der Waals surface area contributed by atoms with Gasteiger partial charge in [0.05, 0.1) is 18.7 Å². The van der Waals surface area contributed by atoms with E-state index in [1.807, 2.05) is 0 Å². The Labute approximate surface area is 142 Å². The quantitative estimate of drug-likeness (QED) is 0.659. The van der Waals surface area contributed by atoms with E-state index >= 15 is 0 Å². The van der Waals surface area contributed by atoms with Crippen LogP contribution in [0.15, 0.2) is 23.3 Å². The fourth-order valence-electron chi connectivity index (χ4n) is 5.46. The molecule has 0 radical (unpaired) electrons. The van der Waals surface area contributed by atoms with Gasteiger partial charge in [-0.2, -0.15) is 5.10 Å². The van der Waals surface area contributed by atoms with Crippen LogP contribution in [0.25, 0.3) is 0 Å². The van der Waals surface area contributed by atoms with E-state index in [-0.39, 0.29) is 17.1 Å². The molecule has 0 saturated heterocycles. The minimum Gasteiger partial charge on any atom is -0.504 e. The fraction of sp³-hybridized carbons (Fsp3) is 0.579. The zero-order valence-electron chi connectivity index (χ0n) is 14.0. The number of benzene rings is 1. The second-order valence-electron chi connectivity index (χ2n) is 7.83. The molecule has 0 atom stereocenters. The summed E-state index contributed by atoms with van der Waals surface area (Å²) in [4.78, 5) is 12.8. The van der Waals surface area contributed by atoms with Crippen molar-refractivity contribution in [3.8, 4) is 11.5 Å². The first kappa shape index (κ1) is 15.5. The maximum atomic E-state index is 12.8. The molecule has 5 heteroatoms. The second kappa shape index (κ2) is 5.80. The average Bonchev–Trinajstić information content (AvgIpc) is 2.53. The Morgan fingerprint density at radius 1 is 1.25 bits per heavy atom. The molecule has 0 heterocycles. The molecule has 1 amide bonds. The van der Waals surface area contributed by atoms with E-state index in [0.717, 1.165) is 42.6 Å². The van der Waals surface area contributed by atoms with Crippen molar-refractivity contribution in [1.29, 1.82) is 0 Å². The molecule has 0 unspecified atom stereocenters. The van der Waals surface area contributed by atoms with Crippen molar-refractivity contribution in [2.24, 2.45) is 28.3 Å². The van der Waals surface area contributed by atoms with Crippen LogP contribution in [-0.4, -0.2) is 24.3 Å². The molecule has 4 bridgehead atoms. The summed E-state index contributed by atoms with van der Waals surface area (Å²) in [5.41, 5.74) is 3.29. The first-order chi connectivity index (χ1) is 11.6. The van der Waals surface area contributed by atoms with E-state index in [4.69, 9.17) is 4.74 Å². The van der Waals surface area contributed by atoms with Gasteiger partial charge in [-0.05, 0) is 80.0 Å². The Bertz CT molecular complexity index is 648. The first-order valence-electron chi connectivity index (χ1n) is 8.78. The summed E-state index contributed by atoms with van der Waals surface area (Å²) in [5, 5.41) is 13.9. The normalized spacial score (nSPS) is 33.8. The van der Waals surface area contributed by atoms with Crippen molar-refractivity contribution in [1.82, 2.24) is 5.43 Å². The van der Waals surface area contributed by atoms with Crippen molar-refractivity contribution in [3.63, 3.8) is 0 Å². The van der Waals surface area contributed by atoms with Crippen molar-refractivity contribution in [2.45, 2.75) is 38.5 Å². The minimum absolute atomic E-state index is 0.0638. The molecule has 4 fully saturated rings. The number of hydrogen-bond acceptors (Lipinski definition) is 4. The van der Waals surface area contributed by atoms with E-state index in [2.05, 4.69) is 10.5 Å². The van der Waals surface area contributed by atoms with Gasteiger partial charge in [0.2, 0.25) is 5.91 Å². The predicted octanol–water partition coefficient (Wildman–Crippen LogP) is 3.07. The summed E-state index contributed by atoms with van der Waals surface area (Å²) >= 11 is 0. The molecule has 0 spiro atoms. The number of rotatable bonds is 4. The molecule has 128 valence electrons. The van der Waals surface area contributed by atoms with Crippen LogP contribution < -0.4 is 10.2 Å². The van der Waals surface area contributed by atoms with Crippen molar-refractivity contribution < 1.29 is 14.6 Å². The molecular weight excluding hydrogens is 304 g/mol. The SMILES string of the molecule is COc1ccc(/C=N\NC(=O)C23CC4CC(CC(C4)C2)C3)cc1O. The van der Waals surface area contributed by atoms with Crippen LogP contribution in [0, 0.1) is 23.2 Å². The van der Waals surface area contributed by atoms with Crippen LogP contribution in [0.3, 0.4) is 0 Å². The number of nitrogens with one attached hydrogen (secondary N) is 1. The van der Waals surface area contributed by atoms with Crippen LogP contribution in [-0.2, 0) is 4.79 Å². The maximum Gasteiger partial charge on any atom is 0.246 e. The van der Waals surface area contributed by atoms with Crippen LogP contribution in [0.1, 0.15) is 44.1 Å². The summed E-state index contributed by atoms with van der Waals surface area (Å²) < 4.78 is 5.02. The number of hydrazone groups is 1. The second-order valence-corrected chi connectivity index (χ2v) is 7.83. The molecule has 1 aromatic rings. The molecule has 4 aliphatic rings. The fourth-order valence-corrected chi connectivity index (χ4v) is 5.46. The third kappa shape index (κ3) is 2.66. The molecule has 4 aliphatic carbocycles. The Hall–Kier alpha value is -2.04. The highest BCUT2D eigenvalue weighted by Gasteiger charge is 2.54. The largest absolute Gasteiger partial charge is 0.504 e. The number of ether oxygens (including phenoxy) is 1. The van der Waals surface area contributed by atoms with Crippen LogP contribution in [0.4, 0.5) is 0 Å². The van der Waals surface area contributed by atoms with Crippen molar-refractivity contribution >= 4 is 12.1 Å². The van der Waals surface area contributed by atoms with E-state index in [1.165, 1.54) is 26.4 Å². The Morgan fingerprint density at radius 3 is 2.42 bits per heavy atom. The topological polar surface area (TPSA) is 70.9 Å². The number of methoxy groups -OCH3 is 1. The summed E-state index contributed by atoms with van der Waals surface area (Å²) in [6.07, 6.45) is 8.62. The number of aromatic hydroxyl groups is 1. The Kier molecular flexibility index (Phi) is 3.74. The van der Waals surface area contributed by atoms with Crippen LogP contribution in [0.2, 0.25) is 0 Å². The summed E-state index contributed by atoms with van der Waals surface area (Å²) in [6, 6.07) is 5.04. The summed E-state index contributed by atoms with van der Waals surface area (Å²) in [7, 11) is 1.51. The monoisotopic (exact) mass is 328 g/mol. The van der Waals surface area contributed by atoms with Crippen molar-refractivity contribution in [2.75, 3.05) is 7.11 Å². The molecule has 5 rings (SSSR count). The highest BCUT2D eigenvalue weighted by molar-refractivity contribution is 5.86. The zero-order chi connectivity index (χ0) is 16.7. The smallest absolute Gasteiger partial charge is 0.246 e. The zero-order valence-corrected chi connectivity index (χ0v) is 14.0.